The molecule has 0 aromatic carbocycles. The Labute approximate surface area is 106 Å². The summed E-state index contributed by atoms with van der Waals surface area (Å²) < 4.78 is 5.08. The molecule has 0 N–H and O–H groups in total. The molecule has 1 fully saturated rings. The molecule has 0 heterocycles. The van der Waals surface area contributed by atoms with Gasteiger partial charge in [0.2, 0.25) is 0 Å². The molecule has 0 amide bonds. The molecule has 0 bridgehead atoms. The first-order chi connectivity index (χ1) is 5.33. The van der Waals surface area contributed by atoms with E-state index in [1.807, 2.05) is 0 Å². The Morgan fingerprint density at radius 1 is 1.42 bits per heavy atom. The average molecular weight is 196 g/mol. The van der Waals surface area contributed by atoms with Gasteiger partial charge in [-0.15, -0.1) is 0 Å². The van der Waals surface area contributed by atoms with Crippen LogP contribution in [0.15, 0.2) is 12.7 Å². The van der Waals surface area contributed by atoms with E-state index in [0.717, 1.165) is 12.8 Å². The molecule has 12 heavy (non-hydrogen) atoms. The SMILES string of the molecule is C=CC(=O)OC1CCCCC1.[Ca+2].[H-].[H-]. The second-order valence-corrected chi connectivity index (χ2v) is 2.90. The van der Waals surface area contributed by atoms with E-state index in [2.05, 4.69) is 6.58 Å². The first kappa shape index (κ1) is 12.5. The van der Waals surface area contributed by atoms with E-state index < -0.39 is 0 Å². The van der Waals surface area contributed by atoms with Gasteiger partial charge in [0.05, 0.1) is 0 Å². The zero-order chi connectivity index (χ0) is 8.10. The number of rotatable bonds is 2. The summed E-state index contributed by atoms with van der Waals surface area (Å²) in [6.07, 6.45) is 7.11. The van der Waals surface area contributed by atoms with E-state index in [1.54, 1.807) is 0 Å². The molecule has 0 radical (unpaired) electrons. The fraction of sp³-hybridized carbons (Fsp3) is 0.667. The average Bonchev–Trinajstić information content (AvgIpc) is 2.06. The Morgan fingerprint density at radius 3 is 2.50 bits per heavy atom. The predicted octanol–water partition coefficient (Wildman–Crippen LogP) is 1.89. The normalized spacial score (nSPS) is 17.7. The van der Waals surface area contributed by atoms with E-state index in [0.29, 0.717) is 0 Å². The number of hydrogen-bond acceptors (Lipinski definition) is 2. The van der Waals surface area contributed by atoms with Crippen molar-refractivity contribution in [1.82, 2.24) is 0 Å². The van der Waals surface area contributed by atoms with E-state index in [4.69, 9.17) is 4.74 Å². The summed E-state index contributed by atoms with van der Waals surface area (Å²) >= 11 is 0. The van der Waals surface area contributed by atoms with Crippen LogP contribution < -0.4 is 0 Å². The maximum absolute atomic E-state index is 10.7. The molecule has 0 saturated heterocycles. The second kappa shape index (κ2) is 6.93. The molecular weight excluding hydrogens is 180 g/mol. The maximum Gasteiger partial charge on any atom is 2.00 e. The van der Waals surface area contributed by atoms with Crippen LogP contribution in [0, 0.1) is 0 Å². The van der Waals surface area contributed by atoms with Crippen LogP contribution in [0.4, 0.5) is 0 Å². The van der Waals surface area contributed by atoms with Crippen LogP contribution >= 0.6 is 0 Å². The number of carbonyl (C=O) groups is 1. The Balaban J connectivity index is -0.000000403. The minimum Gasteiger partial charge on any atom is -1.00 e. The molecule has 0 atom stereocenters. The van der Waals surface area contributed by atoms with Crippen LogP contribution in [0.2, 0.25) is 0 Å². The first-order valence-electron chi connectivity index (χ1n) is 4.16. The largest absolute Gasteiger partial charge is 2.00 e. The Morgan fingerprint density at radius 2 is 2.00 bits per heavy atom. The number of hydrogen-bond donors (Lipinski definition) is 0. The van der Waals surface area contributed by atoms with E-state index >= 15 is 0 Å². The number of carbonyl (C=O) groups excluding carboxylic acids is 1. The van der Waals surface area contributed by atoms with E-state index in [1.165, 1.54) is 25.3 Å². The van der Waals surface area contributed by atoms with Crippen molar-refractivity contribution in [3.63, 3.8) is 0 Å². The molecule has 2 nitrogen and oxygen atoms in total. The zero-order valence-corrected chi connectivity index (χ0v) is 9.63. The Kier molecular flexibility index (Phi) is 7.20. The standard InChI is InChI=1S/C9H14O2.Ca.2H/c1-2-9(10)11-8-6-4-3-5-7-8;;;/h2,8H,1,3-7H2;;;/q;+2;2*-1. The van der Waals surface area contributed by atoms with Crippen molar-refractivity contribution in [1.29, 1.82) is 0 Å². The molecule has 1 aliphatic rings. The summed E-state index contributed by atoms with van der Waals surface area (Å²) in [7, 11) is 0. The topological polar surface area (TPSA) is 26.3 Å². The van der Waals surface area contributed by atoms with Crippen molar-refractivity contribution in [3.05, 3.63) is 12.7 Å². The molecule has 0 aliphatic heterocycles. The molecular formula is C9H16CaO2. The smallest absolute Gasteiger partial charge is 1.00 e. The summed E-state index contributed by atoms with van der Waals surface area (Å²) in [6, 6.07) is 0. The molecule has 0 aromatic heterocycles. The van der Waals surface area contributed by atoms with Crippen LogP contribution in [-0.4, -0.2) is 49.8 Å². The van der Waals surface area contributed by atoms with Gasteiger partial charge in [-0.25, -0.2) is 4.79 Å². The molecule has 0 aromatic rings. The van der Waals surface area contributed by atoms with Crippen LogP contribution in [0.1, 0.15) is 35.0 Å². The van der Waals surface area contributed by atoms with Crippen molar-refractivity contribution >= 4 is 43.7 Å². The maximum atomic E-state index is 10.7. The minimum absolute atomic E-state index is 0. The molecule has 3 heteroatoms. The molecule has 0 spiro atoms. The third kappa shape index (κ3) is 4.48. The van der Waals surface area contributed by atoms with Gasteiger partial charge >= 0.3 is 43.7 Å². The van der Waals surface area contributed by atoms with E-state index in [9.17, 15) is 4.79 Å². The summed E-state index contributed by atoms with van der Waals surface area (Å²) in [5.74, 6) is -0.281. The van der Waals surface area contributed by atoms with Gasteiger partial charge in [0.1, 0.15) is 6.10 Å². The van der Waals surface area contributed by atoms with Gasteiger partial charge in [0.15, 0.2) is 0 Å². The summed E-state index contributed by atoms with van der Waals surface area (Å²) in [6.45, 7) is 3.35. The second-order valence-electron chi connectivity index (χ2n) is 2.90. The van der Waals surface area contributed by atoms with Crippen LogP contribution in [0.5, 0.6) is 0 Å². The van der Waals surface area contributed by atoms with Gasteiger partial charge in [0, 0.05) is 6.08 Å². The summed E-state index contributed by atoms with van der Waals surface area (Å²) in [4.78, 5) is 10.7. The zero-order valence-electron chi connectivity index (χ0n) is 9.42. The first-order valence-corrected chi connectivity index (χ1v) is 4.16. The molecule has 1 saturated carbocycles. The molecule has 66 valence electrons. The third-order valence-electron chi connectivity index (χ3n) is 2.00. The fourth-order valence-electron chi connectivity index (χ4n) is 1.40. The van der Waals surface area contributed by atoms with Crippen LogP contribution in [0.25, 0.3) is 0 Å². The molecule has 0 unspecified atom stereocenters. The third-order valence-corrected chi connectivity index (χ3v) is 2.00. The Bertz CT molecular complexity index is 159. The van der Waals surface area contributed by atoms with Crippen molar-refractivity contribution in [2.75, 3.05) is 0 Å². The monoisotopic (exact) mass is 196 g/mol. The van der Waals surface area contributed by atoms with Gasteiger partial charge in [-0.05, 0) is 25.7 Å². The Hall–Kier alpha value is 0.470. The minimum atomic E-state index is -0.281. The fourth-order valence-corrected chi connectivity index (χ4v) is 1.40. The summed E-state index contributed by atoms with van der Waals surface area (Å²) in [5, 5.41) is 0. The summed E-state index contributed by atoms with van der Waals surface area (Å²) in [5.41, 5.74) is 0. The van der Waals surface area contributed by atoms with Crippen molar-refractivity contribution in [2.45, 2.75) is 38.2 Å². The van der Waals surface area contributed by atoms with Gasteiger partial charge in [0.25, 0.3) is 0 Å². The molecule has 1 rings (SSSR count). The van der Waals surface area contributed by atoms with Crippen molar-refractivity contribution in [3.8, 4) is 0 Å². The molecule has 1 aliphatic carbocycles. The van der Waals surface area contributed by atoms with Gasteiger partial charge in [-0.1, -0.05) is 13.0 Å². The van der Waals surface area contributed by atoms with Crippen LogP contribution in [0.3, 0.4) is 0 Å². The van der Waals surface area contributed by atoms with Crippen LogP contribution in [-0.2, 0) is 9.53 Å². The van der Waals surface area contributed by atoms with Crippen molar-refractivity contribution < 1.29 is 12.4 Å². The van der Waals surface area contributed by atoms with Gasteiger partial charge in [-0.2, -0.15) is 0 Å². The van der Waals surface area contributed by atoms with Crippen molar-refractivity contribution in [2.24, 2.45) is 0 Å². The number of ether oxygens (including phenoxy) is 1. The number of esters is 1. The van der Waals surface area contributed by atoms with Gasteiger partial charge in [-0.3, -0.25) is 0 Å². The van der Waals surface area contributed by atoms with Gasteiger partial charge < -0.3 is 7.59 Å². The quantitative estimate of drug-likeness (QED) is 0.383. The predicted molar refractivity (Wildman–Crippen MR) is 51.1 cm³/mol. The van der Waals surface area contributed by atoms with E-state index in [-0.39, 0.29) is 52.7 Å².